The van der Waals surface area contributed by atoms with E-state index in [9.17, 15) is 0 Å². The molecule has 0 aliphatic heterocycles. The molecule has 0 fully saturated rings. The van der Waals surface area contributed by atoms with Crippen LogP contribution in [0.25, 0.3) is 11.0 Å². The van der Waals surface area contributed by atoms with Gasteiger partial charge in [0.05, 0.1) is 19.4 Å². The van der Waals surface area contributed by atoms with Crippen LogP contribution in [0.1, 0.15) is 22.7 Å². The van der Waals surface area contributed by atoms with Crippen LogP contribution in [0, 0.1) is 6.92 Å². The summed E-state index contributed by atoms with van der Waals surface area (Å²) in [6.07, 6.45) is 1.83. The minimum Gasteiger partial charge on any atom is -0.496 e. The average molecular weight is 281 g/mol. The third-order valence-corrected chi connectivity index (χ3v) is 3.81. The van der Waals surface area contributed by atoms with Crippen molar-refractivity contribution in [2.24, 2.45) is 0 Å². The van der Waals surface area contributed by atoms with Crippen LogP contribution in [0.3, 0.4) is 0 Å². The number of aryl methyl sites for hydroxylation is 1. The Bertz CT molecular complexity index is 761. The molecule has 1 N–H and O–H groups in total. The molecule has 1 aromatic heterocycles. The molecule has 0 saturated carbocycles. The van der Waals surface area contributed by atoms with Gasteiger partial charge in [0.1, 0.15) is 11.3 Å². The molecule has 21 heavy (non-hydrogen) atoms. The Kier molecular flexibility index (Phi) is 3.67. The van der Waals surface area contributed by atoms with Gasteiger partial charge in [0.2, 0.25) is 0 Å². The lowest BCUT2D eigenvalue weighted by Crippen LogP contribution is -2.18. The van der Waals surface area contributed by atoms with Crippen LogP contribution in [0.15, 0.2) is 53.1 Å². The third kappa shape index (κ3) is 2.41. The van der Waals surface area contributed by atoms with Crippen molar-refractivity contribution in [2.75, 3.05) is 14.2 Å². The summed E-state index contributed by atoms with van der Waals surface area (Å²) in [4.78, 5) is 0. The molecule has 2 aromatic carbocycles. The van der Waals surface area contributed by atoms with Gasteiger partial charge < -0.3 is 14.5 Å². The number of ether oxygens (including phenoxy) is 1. The number of nitrogens with one attached hydrogen (secondary N) is 1. The summed E-state index contributed by atoms with van der Waals surface area (Å²) in [6.45, 7) is 2.09. The molecule has 0 radical (unpaired) electrons. The van der Waals surface area contributed by atoms with Gasteiger partial charge in [-0.25, -0.2) is 0 Å². The number of furan rings is 1. The number of fused-ring (bicyclic) bond motifs is 1. The zero-order valence-corrected chi connectivity index (χ0v) is 12.5. The molecule has 3 rings (SSSR count). The smallest absolute Gasteiger partial charge is 0.134 e. The average Bonchev–Trinajstić information content (AvgIpc) is 2.93. The summed E-state index contributed by atoms with van der Waals surface area (Å²) in [5, 5.41) is 4.50. The van der Waals surface area contributed by atoms with Crippen LogP contribution >= 0.6 is 0 Å². The van der Waals surface area contributed by atoms with Gasteiger partial charge in [-0.1, -0.05) is 35.9 Å². The molecule has 0 spiro atoms. The predicted octanol–water partition coefficient (Wildman–Crippen LogP) is 4.06. The van der Waals surface area contributed by atoms with Crippen LogP contribution in [-0.4, -0.2) is 14.2 Å². The van der Waals surface area contributed by atoms with Crippen LogP contribution in [0.5, 0.6) is 5.75 Å². The van der Waals surface area contributed by atoms with Crippen molar-refractivity contribution in [1.82, 2.24) is 5.32 Å². The van der Waals surface area contributed by atoms with Gasteiger partial charge >= 0.3 is 0 Å². The van der Waals surface area contributed by atoms with E-state index in [1.54, 1.807) is 7.11 Å². The van der Waals surface area contributed by atoms with E-state index in [1.165, 1.54) is 5.56 Å². The predicted molar refractivity (Wildman–Crippen MR) is 84.8 cm³/mol. The first-order valence-corrected chi connectivity index (χ1v) is 7.02. The van der Waals surface area contributed by atoms with Crippen molar-refractivity contribution >= 4 is 11.0 Å². The summed E-state index contributed by atoms with van der Waals surface area (Å²) >= 11 is 0. The molecular formula is C18H19NO2. The molecule has 0 aliphatic carbocycles. The molecule has 3 heteroatoms. The molecule has 1 heterocycles. The molecule has 0 saturated heterocycles. The molecule has 3 nitrogen and oxygen atoms in total. The van der Waals surface area contributed by atoms with E-state index in [0.717, 1.165) is 27.8 Å². The summed E-state index contributed by atoms with van der Waals surface area (Å²) in [6, 6.07) is 14.3. The SMILES string of the molecule is CNC(c1cc(C)ccc1OC)c1coc2ccccc12. The number of methoxy groups -OCH3 is 1. The highest BCUT2D eigenvalue weighted by Gasteiger charge is 2.20. The van der Waals surface area contributed by atoms with Gasteiger partial charge in [-0.3, -0.25) is 0 Å². The lowest BCUT2D eigenvalue weighted by atomic mass is 9.96. The Morgan fingerprint density at radius 1 is 1.10 bits per heavy atom. The van der Waals surface area contributed by atoms with E-state index in [2.05, 4.69) is 30.4 Å². The Morgan fingerprint density at radius 3 is 2.67 bits per heavy atom. The van der Waals surface area contributed by atoms with Crippen LogP contribution in [0.4, 0.5) is 0 Å². The molecule has 1 unspecified atom stereocenters. The monoisotopic (exact) mass is 281 g/mol. The topological polar surface area (TPSA) is 34.4 Å². The van der Waals surface area contributed by atoms with Crippen molar-refractivity contribution in [3.05, 3.63) is 65.4 Å². The van der Waals surface area contributed by atoms with E-state index in [-0.39, 0.29) is 6.04 Å². The fraction of sp³-hybridized carbons (Fsp3) is 0.222. The first kappa shape index (κ1) is 13.7. The highest BCUT2D eigenvalue weighted by atomic mass is 16.5. The van der Waals surface area contributed by atoms with E-state index < -0.39 is 0 Å². The lowest BCUT2D eigenvalue weighted by molar-refractivity contribution is 0.405. The van der Waals surface area contributed by atoms with Gasteiger partial charge in [-0.2, -0.15) is 0 Å². The zero-order chi connectivity index (χ0) is 14.8. The van der Waals surface area contributed by atoms with Gasteiger partial charge in [-0.15, -0.1) is 0 Å². The highest BCUT2D eigenvalue weighted by Crippen LogP contribution is 2.35. The van der Waals surface area contributed by atoms with E-state index in [4.69, 9.17) is 9.15 Å². The number of rotatable bonds is 4. The Morgan fingerprint density at radius 2 is 1.90 bits per heavy atom. The minimum absolute atomic E-state index is 0.0310. The molecule has 3 aromatic rings. The maximum Gasteiger partial charge on any atom is 0.134 e. The standard InChI is InChI=1S/C18H19NO2/c1-12-8-9-16(20-3)14(10-12)18(19-2)15-11-21-17-7-5-4-6-13(15)17/h4-11,18-19H,1-3H3. The Labute approximate surface area is 124 Å². The maximum atomic E-state index is 5.68. The first-order chi connectivity index (χ1) is 10.2. The Hall–Kier alpha value is -2.26. The first-order valence-electron chi connectivity index (χ1n) is 7.02. The molecular weight excluding hydrogens is 262 g/mol. The van der Waals surface area contributed by atoms with Crippen LogP contribution in [0.2, 0.25) is 0 Å². The molecule has 0 aliphatic rings. The van der Waals surface area contributed by atoms with Crippen molar-refractivity contribution in [1.29, 1.82) is 0 Å². The minimum atomic E-state index is 0.0310. The van der Waals surface area contributed by atoms with Crippen molar-refractivity contribution in [2.45, 2.75) is 13.0 Å². The molecule has 108 valence electrons. The summed E-state index contributed by atoms with van der Waals surface area (Å²) in [7, 11) is 3.66. The lowest BCUT2D eigenvalue weighted by Gasteiger charge is -2.19. The second kappa shape index (κ2) is 5.62. The van der Waals surface area contributed by atoms with E-state index in [1.807, 2.05) is 37.6 Å². The molecule has 0 amide bonds. The van der Waals surface area contributed by atoms with Gasteiger partial charge in [-0.05, 0) is 26.1 Å². The normalized spacial score (nSPS) is 12.5. The van der Waals surface area contributed by atoms with E-state index >= 15 is 0 Å². The second-order valence-electron chi connectivity index (χ2n) is 5.15. The van der Waals surface area contributed by atoms with Crippen LogP contribution in [-0.2, 0) is 0 Å². The quantitative estimate of drug-likeness (QED) is 0.783. The van der Waals surface area contributed by atoms with Crippen molar-refractivity contribution < 1.29 is 9.15 Å². The number of hydrogen-bond acceptors (Lipinski definition) is 3. The van der Waals surface area contributed by atoms with Gasteiger partial charge in [0.15, 0.2) is 0 Å². The van der Waals surface area contributed by atoms with Crippen LogP contribution < -0.4 is 10.1 Å². The second-order valence-corrected chi connectivity index (χ2v) is 5.15. The number of para-hydroxylation sites is 1. The summed E-state index contributed by atoms with van der Waals surface area (Å²) in [5.41, 5.74) is 4.35. The zero-order valence-electron chi connectivity index (χ0n) is 12.5. The van der Waals surface area contributed by atoms with Gasteiger partial charge in [0.25, 0.3) is 0 Å². The number of hydrogen-bond donors (Lipinski definition) is 1. The highest BCUT2D eigenvalue weighted by molar-refractivity contribution is 5.82. The Balaban J connectivity index is 2.16. The summed E-state index contributed by atoms with van der Waals surface area (Å²) in [5.74, 6) is 0.880. The maximum absolute atomic E-state index is 5.68. The molecule has 1 atom stereocenters. The number of benzene rings is 2. The summed E-state index contributed by atoms with van der Waals surface area (Å²) < 4.78 is 11.2. The van der Waals surface area contributed by atoms with Crippen molar-refractivity contribution in [3.63, 3.8) is 0 Å². The fourth-order valence-electron chi connectivity index (χ4n) is 2.78. The fourth-order valence-corrected chi connectivity index (χ4v) is 2.78. The van der Waals surface area contributed by atoms with Crippen molar-refractivity contribution in [3.8, 4) is 5.75 Å². The largest absolute Gasteiger partial charge is 0.496 e. The van der Waals surface area contributed by atoms with E-state index in [0.29, 0.717) is 0 Å². The molecule has 0 bridgehead atoms. The third-order valence-electron chi connectivity index (χ3n) is 3.81. The van der Waals surface area contributed by atoms with Gasteiger partial charge in [0, 0.05) is 16.5 Å².